The van der Waals surface area contributed by atoms with Gasteiger partial charge in [-0.2, -0.15) is 0 Å². The van der Waals surface area contributed by atoms with Crippen molar-refractivity contribution in [1.29, 1.82) is 0 Å². The summed E-state index contributed by atoms with van der Waals surface area (Å²) in [6, 6.07) is 3.48. The molecule has 148 valence electrons. The summed E-state index contributed by atoms with van der Waals surface area (Å²) in [5, 5.41) is 30.1. The van der Waals surface area contributed by atoms with E-state index >= 15 is 0 Å². The number of hydrogen-bond acceptors (Lipinski definition) is 7. The van der Waals surface area contributed by atoms with Crippen molar-refractivity contribution in [3.05, 3.63) is 39.3 Å². The molecule has 2 aromatic rings. The van der Waals surface area contributed by atoms with Crippen molar-refractivity contribution in [3.63, 3.8) is 0 Å². The Labute approximate surface area is 157 Å². The van der Waals surface area contributed by atoms with Gasteiger partial charge < -0.3 is 24.6 Å². The van der Waals surface area contributed by atoms with Gasteiger partial charge in [0.05, 0.1) is 30.3 Å². The number of esters is 1. The number of aliphatic hydroxyl groups excluding tert-OH is 3. The first kappa shape index (κ1) is 21.0. The van der Waals surface area contributed by atoms with Crippen LogP contribution < -0.4 is 5.56 Å². The highest BCUT2D eigenvalue weighted by atomic mass is 16.5. The van der Waals surface area contributed by atoms with E-state index in [9.17, 15) is 24.9 Å². The molecule has 1 aromatic carbocycles. The number of rotatable bonds is 7. The number of carbonyl (C=O) groups excluding carboxylic acids is 1. The topological polar surface area (TPSA) is 122 Å². The Bertz CT molecular complexity index is 892. The van der Waals surface area contributed by atoms with Crippen molar-refractivity contribution < 1.29 is 24.9 Å². The quantitative estimate of drug-likeness (QED) is 0.606. The third-order valence-corrected chi connectivity index (χ3v) is 4.61. The standard InChI is InChI=1S/C19H26N2O6/c1-5-14(22)17(24)15(23)9-21-13-8-11(4)10(3)7-12(13)20-16(18(21)25)19(26)27-6-2/h7-8,14-15,17,22-24H,5-6,9H2,1-4H3/t14-,15+,17-/m1/s1. The Kier molecular flexibility index (Phi) is 6.69. The molecule has 1 aromatic heterocycles. The number of aryl methyl sites for hydroxylation is 2. The lowest BCUT2D eigenvalue weighted by molar-refractivity contribution is -0.0651. The Balaban J connectivity index is 2.63. The van der Waals surface area contributed by atoms with E-state index in [2.05, 4.69) is 4.98 Å². The molecule has 8 heteroatoms. The van der Waals surface area contributed by atoms with E-state index in [4.69, 9.17) is 4.74 Å². The second kappa shape index (κ2) is 8.60. The molecule has 27 heavy (non-hydrogen) atoms. The van der Waals surface area contributed by atoms with Crippen LogP contribution in [0.2, 0.25) is 0 Å². The molecule has 0 aliphatic carbocycles. The number of nitrogens with zero attached hydrogens (tertiary/aromatic N) is 2. The molecule has 3 N–H and O–H groups in total. The molecule has 2 rings (SSSR count). The fraction of sp³-hybridized carbons (Fsp3) is 0.526. The molecule has 0 radical (unpaired) electrons. The van der Waals surface area contributed by atoms with Gasteiger partial charge in [-0.15, -0.1) is 0 Å². The van der Waals surface area contributed by atoms with Crippen LogP contribution in [0.4, 0.5) is 0 Å². The summed E-state index contributed by atoms with van der Waals surface area (Å²) in [4.78, 5) is 29.1. The first-order valence-corrected chi connectivity index (χ1v) is 8.94. The summed E-state index contributed by atoms with van der Waals surface area (Å²) in [7, 11) is 0. The van der Waals surface area contributed by atoms with Crippen LogP contribution in [0.25, 0.3) is 11.0 Å². The van der Waals surface area contributed by atoms with E-state index in [-0.39, 0.29) is 25.3 Å². The second-order valence-electron chi connectivity index (χ2n) is 6.56. The van der Waals surface area contributed by atoms with E-state index in [1.165, 1.54) is 4.57 Å². The minimum atomic E-state index is -1.43. The van der Waals surface area contributed by atoms with Crippen LogP contribution in [0, 0.1) is 13.8 Å². The first-order chi connectivity index (χ1) is 12.7. The molecule has 0 amide bonds. The van der Waals surface area contributed by atoms with Crippen LogP contribution in [0.5, 0.6) is 0 Å². The summed E-state index contributed by atoms with van der Waals surface area (Å²) >= 11 is 0. The average Bonchev–Trinajstić information content (AvgIpc) is 2.64. The van der Waals surface area contributed by atoms with Crippen LogP contribution >= 0.6 is 0 Å². The normalized spacial score (nSPS) is 14.8. The van der Waals surface area contributed by atoms with Crippen molar-refractivity contribution in [2.75, 3.05) is 6.61 Å². The van der Waals surface area contributed by atoms with Gasteiger partial charge in [-0.3, -0.25) is 4.79 Å². The van der Waals surface area contributed by atoms with E-state index in [0.29, 0.717) is 11.0 Å². The summed E-state index contributed by atoms with van der Waals surface area (Å²) < 4.78 is 6.10. The molecule has 0 spiro atoms. The van der Waals surface area contributed by atoms with Crippen LogP contribution in [-0.2, 0) is 11.3 Å². The number of carbonyl (C=O) groups is 1. The molecule has 3 atom stereocenters. The first-order valence-electron chi connectivity index (χ1n) is 8.94. The molecule has 0 saturated carbocycles. The minimum Gasteiger partial charge on any atom is -0.461 e. The van der Waals surface area contributed by atoms with Gasteiger partial charge in [-0.1, -0.05) is 6.92 Å². The largest absolute Gasteiger partial charge is 0.461 e. The lowest BCUT2D eigenvalue weighted by Crippen LogP contribution is -2.42. The Hall–Kier alpha value is -2.29. The zero-order valence-electron chi connectivity index (χ0n) is 16.0. The second-order valence-corrected chi connectivity index (χ2v) is 6.56. The van der Waals surface area contributed by atoms with Crippen LogP contribution in [0.1, 0.15) is 41.9 Å². The smallest absolute Gasteiger partial charge is 0.362 e. The minimum absolute atomic E-state index is 0.0922. The molecule has 0 bridgehead atoms. The molecule has 0 aliphatic rings. The summed E-state index contributed by atoms with van der Waals surface area (Å²) in [6.07, 6.45) is -3.71. The third kappa shape index (κ3) is 4.35. The maximum atomic E-state index is 12.8. The van der Waals surface area contributed by atoms with Crippen molar-refractivity contribution in [3.8, 4) is 0 Å². The summed E-state index contributed by atoms with van der Waals surface area (Å²) in [5.74, 6) is -0.847. The van der Waals surface area contributed by atoms with Crippen LogP contribution in [0.15, 0.2) is 16.9 Å². The molecule has 0 fully saturated rings. The van der Waals surface area contributed by atoms with Crippen molar-refractivity contribution in [2.24, 2.45) is 0 Å². The Morgan fingerprint density at radius 2 is 1.78 bits per heavy atom. The number of aliphatic hydroxyl groups is 3. The highest BCUT2D eigenvalue weighted by molar-refractivity contribution is 5.89. The molecule has 1 heterocycles. The highest BCUT2D eigenvalue weighted by Gasteiger charge is 2.26. The number of fused-ring (bicyclic) bond motifs is 1. The SMILES string of the molecule is CCOC(=O)c1nc2cc(C)c(C)cc2n(C[C@H](O)[C@H](O)[C@H](O)CC)c1=O. The molecule has 0 unspecified atom stereocenters. The van der Waals surface area contributed by atoms with Crippen molar-refractivity contribution in [2.45, 2.75) is 59.0 Å². The summed E-state index contributed by atoms with van der Waals surface area (Å²) in [6.45, 7) is 6.83. The van der Waals surface area contributed by atoms with Gasteiger partial charge in [0.2, 0.25) is 5.69 Å². The predicted molar refractivity (Wildman–Crippen MR) is 99.7 cm³/mol. The third-order valence-electron chi connectivity index (χ3n) is 4.61. The maximum Gasteiger partial charge on any atom is 0.362 e. The average molecular weight is 378 g/mol. The number of hydrogen-bond donors (Lipinski definition) is 3. The molecular formula is C19H26N2O6. The van der Waals surface area contributed by atoms with Gasteiger partial charge in [-0.05, 0) is 50.5 Å². The highest BCUT2D eigenvalue weighted by Crippen LogP contribution is 2.18. The van der Waals surface area contributed by atoms with E-state index in [1.807, 2.05) is 13.8 Å². The summed E-state index contributed by atoms with van der Waals surface area (Å²) in [5.41, 5.74) is 1.56. The van der Waals surface area contributed by atoms with E-state index < -0.39 is 29.8 Å². The fourth-order valence-electron chi connectivity index (χ4n) is 2.80. The monoisotopic (exact) mass is 378 g/mol. The predicted octanol–water partition coefficient (Wildman–Crippen LogP) is 0.683. The Morgan fingerprint density at radius 3 is 2.37 bits per heavy atom. The molecule has 8 nitrogen and oxygen atoms in total. The van der Waals surface area contributed by atoms with Gasteiger partial charge in [0.1, 0.15) is 12.2 Å². The zero-order chi connectivity index (χ0) is 20.3. The lowest BCUT2D eigenvalue weighted by atomic mass is 10.1. The number of aromatic nitrogens is 2. The number of ether oxygens (including phenoxy) is 1. The van der Waals surface area contributed by atoms with Crippen molar-refractivity contribution >= 4 is 17.0 Å². The lowest BCUT2D eigenvalue weighted by Gasteiger charge is -2.23. The van der Waals surface area contributed by atoms with Gasteiger partial charge in [0.15, 0.2) is 0 Å². The van der Waals surface area contributed by atoms with Gasteiger partial charge in [0.25, 0.3) is 5.56 Å². The fourth-order valence-corrected chi connectivity index (χ4v) is 2.80. The number of benzene rings is 1. The maximum absolute atomic E-state index is 12.8. The van der Waals surface area contributed by atoms with Gasteiger partial charge in [-0.25, -0.2) is 9.78 Å². The van der Waals surface area contributed by atoms with Gasteiger partial charge in [0, 0.05) is 0 Å². The van der Waals surface area contributed by atoms with Crippen LogP contribution in [0.3, 0.4) is 0 Å². The zero-order valence-corrected chi connectivity index (χ0v) is 16.0. The molecule has 0 saturated heterocycles. The van der Waals surface area contributed by atoms with Gasteiger partial charge >= 0.3 is 5.97 Å². The molecule has 0 aliphatic heterocycles. The molecular weight excluding hydrogens is 352 g/mol. The van der Waals surface area contributed by atoms with Crippen LogP contribution in [-0.4, -0.2) is 55.8 Å². The van der Waals surface area contributed by atoms with E-state index in [0.717, 1.165) is 11.1 Å². The van der Waals surface area contributed by atoms with E-state index in [1.54, 1.807) is 26.0 Å². The Morgan fingerprint density at radius 1 is 1.15 bits per heavy atom. The van der Waals surface area contributed by atoms with Crippen molar-refractivity contribution in [1.82, 2.24) is 9.55 Å².